The number of H-pyrrole nitrogens is 1. The third kappa shape index (κ3) is 14.7. The molecule has 0 atom stereocenters. The second-order valence-electron chi connectivity index (χ2n) is 12.7. The minimum absolute atomic E-state index is 0. The third-order valence-electron chi connectivity index (χ3n) is 8.31. The minimum atomic E-state index is -4.71. The highest BCUT2D eigenvalue weighted by atomic mass is 35.5. The minimum Gasteiger partial charge on any atom is -0.406 e. The lowest BCUT2D eigenvalue weighted by Gasteiger charge is -2.10. The molecule has 0 aliphatic rings. The number of alkyl halides is 7. The number of nitrogens with one attached hydrogen (secondary N) is 1. The topological polar surface area (TPSA) is 142 Å². The number of rotatable bonds is 11. The van der Waals surface area contributed by atoms with E-state index in [9.17, 15) is 26.3 Å². The van der Waals surface area contributed by atoms with E-state index in [0.29, 0.717) is 36.9 Å². The molecule has 0 unspecified atom stereocenters. The molecule has 4 aromatic heterocycles. The second-order valence-corrected chi connectivity index (χ2v) is 13.0. The number of ether oxygens (including phenoxy) is 2. The molecule has 320 valence electrons. The summed E-state index contributed by atoms with van der Waals surface area (Å²) in [6.07, 6.45) is -4.94. The molecule has 0 spiro atoms. The standard InChI is InChI=1S/C21H16F3N5O.C15H11F3N4O.C6H6ClN.ClH/c22-21(23,24)30-18-10-8-15(9-11-18)13-16-5-1-2-7-19(16)20-26-28-29(27-20)14-17-6-3-4-12-25-17;16-15(17,18)23-12-7-5-10(6-8-12)9-11-3-1-2-4-13(11)14-19-21-22-20-14;7-5-6-3-1-2-4-8-6;/h1-12H,13-14H2;1-8H,9H2,(H,19,20,21,22);1-4H,5H2;1H. The van der Waals surface area contributed by atoms with Gasteiger partial charge in [-0.15, -0.1) is 70.7 Å². The molecule has 0 saturated heterocycles. The van der Waals surface area contributed by atoms with Gasteiger partial charge in [0.05, 0.1) is 17.3 Å². The van der Waals surface area contributed by atoms with Gasteiger partial charge in [0.25, 0.3) is 0 Å². The molecule has 0 amide bonds. The van der Waals surface area contributed by atoms with Crippen LogP contribution in [0.5, 0.6) is 11.5 Å². The van der Waals surface area contributed by atoms with Crippen molar-refractivity contribution in [2.24, 2.45) is 0 Å². The molecule has 4 heterocycles. The third-order valence-corrected chi connectivity index (χ3v) is 8.58. The summed E-state index contributed by atoms with van der Waals surface area (Å²) in [6, 6.07) is 37.9. The van der Waals surface area contributed by atoms with Gasteiger partial charge in [-0.2, -0.15) is 10.0 Å². The average Bonchev–Trinajstić information content (AvgIpc) is 3.96. The van der Waals surface area contributed by atoms with Crippen molar-refractivity contribution in [3.63, 3.8) is 0 Å². The lowest BCUT2D eigenvalue weighted by Crippen LogP contribution is -2.17. The first-order valence-electron chi connectivity index (χ1n) is 18.1. The number of aromatic amines is 1. The van der Waals surface area contributed by atoms with Crippen LogP contribution in [0, 0.1) is 0 Å². The van der Waals surface area contributed by atoms with Crippen LogP contribution in [0.3, 0.4) is 0 Å². The van der Waals surface area contributed by atoms with Crippen LogP contribution in [0.25, 0.3) is 22.8 Å². The Morgan fingerprint density at radius 3 is 1.48 bits per heavy atom. The van der Waals surface area contributed by atoms with E-state index >= 15 is 0 Å². The van der Waals surface area contributed by atoms with Crippen LogP contribution in [0.1, 0.15) is 33.6 Å². The monoisotopic (exact) mass is 894 g/mol. The van der Waals surface area contributed by atoms with E-state index < -0.39 is 12.7 Å². The van der Waals surface area contributed by atoms with Crippen LogP contribution in [0.15, 0.2) is 146 Å². The zero-order valence-corrected chi connectivity index (χ0v) is 33.7. The highest BCUT2D eigenvalue weighted by Gasteiger charge is 2.31. The van der Waals surface area contributed by atoms with E-state index in [0.717, 1.165) is 44.8 Å². The molecule has 0 bridgehead atoms. The maximum atomic E-state index is 12.3. The number of aromatic nitrogens is 10. The van der Waals surface area contributed by atoms with Gasteiger partial charge in [-0.05, 0) is 94.1 Å². The normalized spacial score (nSPS) is 11.0. The van der Waals surface area contributed by atoms with Gasteiger partial charge in [-0.3, -0.25) is 9.97 Å². The molecule has 62 heavy (non-hydrogen) atoms. The number of tetrazole rings is 2. The molecule has 8 rings (SSSR count). The Morgan fingerprint density at radius 2 is 1.05 bits per heavy atom. The molecule has 0 aliphatic carbocycles. The van der Waals surface area contributed by atoms with Crippen molar-refractivity contribution in [3.05, 3.63) is 179 Å². The van der Waals surface area contributed by atoms with Crippen LogP contribution >= 0.6 is 24.0 Å². The van der Waals surface area contributed by atoms with Gasteiger partial charge in [0.15, 0.2) is 0 Å². The molecular weight excluding hydrogens is 861 g/mol. The van der Waals surface area contributed by atoms with Gasteiger partial charge < -0.3 is 9.47 Å². The van der Waals surface area contributed by atoms with Crippen LogP contribution in [-0.4, -0.2) is 63.5 Å². The number of hydrogen-bond acceptors (Lipinski definition) is 10. The first-order valence-corrected chi connectivity index (χ1v) is 18.7. The van der Waals surface area contributed by atoms with Crippen molar-refractivity contribution in [2.75, 3.05) is 0 Å². The van der Waals surface area contributed by atoms with Gasteiger partial charge in [0.2, 0.25) is 11.6 Å². The Labute approximate surface area is 361 Å². The van der Waals surface area contributed by atoms with Gasteiger partial charge in [-0.1, -0.05) is 84.9 Å². The summed E-state index contributed by atoms with van der Waals surface area (Å²) in [6.45, 7) is 0.399. The fraction of sp³-hybridized carbons (Fsp3) is 0.143. The summed E-state index contributed by atoms with van der Waals surface area (Å²) in [5, 5.41) is 26.5. The first kappa shape index (κ1) is 46.2. The average molecular weight is 896 g/mol. The quantitative estimate of drug-likeness (QED) is 0.0985. The fourth-order valence-electron chi connectivity index (χ4n) is 5.65. The van der Waals surface area contributed by atoms with E-state index in [1.807, 2.05) is 84.9 Å². The van der Waals surface area contributed by atoms with Crippen molar-refractivity contribution in [1.29, 1.82) is 0 Å². The van der Waals surface area contributed by atoms with Crippen molar-refractivity contribution < 1.29 is 35.8 Å². The molecule has 12 nitrogen and oxygen atoms in total. The summed E-state index contributed by atoms with van der Waals surface area (Å²) in [7, 11) is 0. The van der Waals surface area contributed by atoms with Crippen molar-refractivity contribution >= 4 is 24.0 Å². The largest absolute Gasteiger partial charge is 0.573 e. The maximum Gasteiger partial charge on any atom is 0.573 e. The number of halogens is 8. The summed E-state index contributed by atoms with van der Waals surface area (Å²) in [5.41, 5.74) is 6.91. The predicted molar refractivity (Wildman–Crippen MR) is 219 cm³/mol. The van der Waals surface area contributed by atoms with Crippen LogP contribution < -0.4 is 9.47 Å². The highest BCUT2D eigenvalue weighted by Crippen LogP contribution is 2.27. The second kappa shape index (κ2) is 22.1. The van der Waals surface area contributed by atoms with Crippen LogP contribution in [-0.2, 0) is 25.3 Å². The summed E-state index contributed by atoms with van der Waals surface area (Å²) in [5.74, 6) is 0.948. The Morgan fingerprint density at radius 1 is 0.565 bits per heavy atom. The summed E-state index contributed by atoms with van der Waals surface area (Å²) in [4.78, 5) is 9.68. The lowest BCUT2D eigenvalue weighted by atomic mass is 9.99. The zero-order valence-electron chi connectivity index (χ0n) is 32.1. The molecule has 0 saturated carbocycles. The first-order chi connectivity index (χ1) is 29.4. The molecular formula is C42H34Cl2F6N10O2. The maximum absolute atomic E-state index is 12.3. The molecule has 20 heteroatoms. The summed E-state index contributed by atoms with van der Waals surface area (Å²) >= 11 is 5.46. The smallest absolute Gasteiger partial charge is 0.406 e. The predicted octanol–water partition coefficient (Wildman–Crippen LogP) is 9.87. The Bertz CT molecular complexity index is 2530. The zero-order chi connectivity index (χ0) is 43.1. The SMILES string of the molecule is Cl.ClCc1ccccn1.FC(F)(F)Oc1ccc(Cc2ccccc2-c2nn[nH]n2)cc1.FC(F)(F)Oc1ccc(Cc2ccccc2-c2nnn(Cc3ccccn3)n2)cc1. The Kier molecular flexibility index (Phi) is 16.4. The van der Waals surface area contributed by atoms with Gasteiger partial charge in [0.1, 0.15) is 18.0 Å². The van der Waals surface area contributed by atoms with Crippen molar-refractivity contribution in [1.82, 2.24) is 50.8 Å². The number of benzene rings is 4. The van der Waals surface area contributed by atoms with Crippen molar-refractivity contribution in [2.45, 2.75) is 38.0 Å². The molecule has 0 aliphatic heterocycles. The molecule has 1 N–H and O–H groups in total. The van der Waals surface area contributed by atoms with E-state index in [2.05, 4.69) is 55.5 Å². The van der Waals surface area contributed by atoms with E-state index in [4.69, 9.17) is 11.6 Å². The van der Waals surface area contributed by atoms with Gasteiger partial charge in [-0.25, -0.2) is 0 Å². The van der Waals surface area contributed by atoms with Crippen LogP contribution in [0.4, 0.5) is 26.3 Å². The number of hydrogen-bond donors (Lipinski definition) is 1. The Hall–Kier alpha value is -6.92. The van der Waals surface area contributed by atoms with Gasteiger partial charge in [0, 0.05) is 23.5 Å². The van der Waals surface area contributed by atoms with E-state index in [1.54, 1.807) is 36.7 Å². The summed E-state index contributed by atoms with van der Waals surface area (Å²) < 4.78 is 81.2. The van der Waals surface area contributed by atoms with E-state index in [-0.39, 0.29) is 23.9 Å². The van der Waals surface area contributed by atoms with Crippen LogP contribution in [0.2, 0.25) is 0 Å². The van der Waals surface area contributed by atoms with E-state index in [1.165, 1.54) is 29.1 Å². The highest BCUT2D eigenvalue weighted by molar-refractivity contribution is 6.16. The molecule has 8 aromatic rings. The number of pyridine rings is 2. The van der Waals surface area contributed by atoms with Gasteiger partial charge >= 0.3 is 12.7 Å². The fourth-order valence-corrected chi connectivity index (χ4v) is 5.81. The number of nitrogens with zero attached hydrogens (tertiary/aromatic N) is 9. The van der Waals surface area contributed by atoms with Crippen molar-refractivity contribution in [3.8, 4) is 34.3 Å². The molecule has 0 radical (unpaired) electrons. The molecule has 4 aromatic carbocycles. The molecule has 0 fully saturated rings. The Balaban J connectivity index is 0.000000200. The lowest BCUT2D eigenvalue weighted by molar-refractivity contribution is -0.275.